The molecule has 0 aliphatic rings. The van der Waals surface area contributed by atoms with Crippen LogP contribution in [0.4, 0.5) is 0 Å². The SMILES string of the molecule is Cc1cnc(C(=O)N[C@H](C)c2nncn2C(C)C)[nH]1. The molecule has 0 saturated carbocycles. The van der Waals surface area contributed by atoms with Crippen molar-refractivity contribution in [2.45, 2.75) is 39.8 Å². The summed E-state index contributed by atoms with van der Waals surface area (Å²) in [7, 11) is 0. The van der Waals surface area contributed by atoms with Crippen LogP contribution in [-0.2, 0) is 0 Å². The van der Waals surface area contributed by atoms with E-state index in [2.05, 4.69) is 25.5 Å². The van der Waals surface area contributed by atoms with Crippen LogP contribution in [0.2, 0.25) is 0 Å². The lowest BCUT2D eigenvalue weighted by Crippen LogP contribution is -2.29. The molecule has 2 rings (SSSR count). The molecule has 2 N–H and O–H groups in total. The Hall–Kier alpha value is -2.18. The molecule has 7 heteroatoms. The standard InChI is InChI=1S/C12H18N6O/c1-7(2)18-6-14-17-11(18)9(4)16-12(19)10-13-5-8(3)15-10/h5-7,9H,1-4H3,(H,13,15)(H,16,19)/t9-/m1/s1. The van der Waals surface area contributed by atoms with E-state index in [0.717, 1.165) is 11.5 Å². The lowest BCUT2D eigenvalue weighted by atomic mass is 10.2. The molecule has 0 unspecified atom stereocenters. The molecule has 2 heterocycles. The van der Waals surface area contributed by atoms with Gasteiger partial charge in [-0.1, -0.05) is 0 Å². The maximum absolute atomic E-state index is 12.0. The molecule has 0 bridgehead atoms. The Morgan fingerprint density at radius 1 is 1.42 bits per heavy atom. The summed E-state index contributed by atoms with van der Waals surface area (Å²) in [6.45, 7) is 7.80. The van der Waals surface area contributed by atoms with E-state index in [9.17, 15) is 4.79 Å². The second-order valence-electron chi connectivity index (χ2n) is 4.80. The number of aromatic amines is 1. The van der Waals surface area contributed by atoms with Gasteiger partial charge in [0, 0.05) is 17.9 Å². The highest BCUT2D eigenvalue weighted by atomic mass is 16.2. The second kappa shape index (κ2) is 5.21. The van der Waals surface area contributed by atoms with E-state index in [4.69, 9.17) is 0 Å². The van der Waals surface area contributed by atoms with Crippen molar-refractivity contribution in [1.29, 1.82) is 0 Å². The van der Waals surface area contributed by atoms with Crippen molar-refractivity contribution < 1.29 is 4.79 Å². The summed E-state index contributed by atoms with van der Waals surface area (Å²) in [5, 5.41) is 10.8. The molecule has 0 saturated heterocycles. The molecule has 0 aliphatic heterocycles. The van der Waals surface area contributed by atoms with Gasteiger partial charge in [-0.15, -0.1) is 10.2 Å². The summed E-state index contributed by atoms with van der Waals surface area (Å²) in [6, 6.07) is 0.0121. The van der Waals surface area contributed by atoms with Gasteiger partial charge in [-0.3, -0.25) is 4.79 Å². The van der Waals surface area contributed by atoms with Gasteiger partial charge in [0.15, 0.2) is 11.6 Å². The Bertz CT molecular complexity index is 570. The van der Waals surface area contributed by atoms with E-state index in [1.165, 1.54) is 0 Å². The van der Waals surface area contributed by atoms with Crippen LogP contribution in [0.5, 0.6) is 0 Å². The number of nitrogens with zero attached hydrogens (tertiary/aromatic N) is 4. The average molecular weight is 262 g/mol. The van der Waals surface area contributed by atoms with Crippen molar-refractivity contribution >= 4 is 5.91 Å². The fraction of sp³-hybridized carbons (Fsp3) is 0.500. The number of aromatic nitrogens is 5. The van der Waals surface area contributed by atoms with Gasteiger partial charge in [0.1, 0.15) is 6.33 Å². The highest BCUT2D eigenvalue weighted by Gasteiger charge is 2.19. The number of nitrogens with one attached hydrogen (secondary N) is 2. The molecule has 0 aromatic carbocycles. The van der Waals surface area contributed by atoms with Crippen molar-refractivity contribution in [2.75, 3.05) is 0 Å². The van der Waals surface area contributed by atoms with Crippen LogP contribution in [0.1, 0.15) is 55.0 Å². The van der Waals surface area contributed by atoms with Gasteiger partial charge < -0.3 is 14.9 Å². The molecule has 0 fully saturated rings. The minimum Gasteiger partial charge on any atom is -0.340 e. The Balaban J connectivity index is 2.10. The fourth-order valence-corrected chi connectivity index (χ4v) is 1.82. The summed E-state index contributed by atoms with van der Waals surface area (Å²) in [5.74, 6) is 0.783. The molecule has 0 spiro atoms. The summed E-state index contributed by atoms with van der Waals surface area (Å²) in [4.78, 5) is 18.9. The maximum Gasteiger partial charge on any atom is 0.287 e. The first-order valence-electron chi connectivity index (χ1n) is 6.21. The first kappa shape index (κ1) is 13.3. The number of H-pyrrole nitrogens is 1. The second-order valence-corrected chi connectivity index (χ2v) is 4.80. The molecule has 0 radical (unpaired) electrons. The van der Waals surface area contributed by atoms with Crippen molar-refractivity contribution in [1.82, 2.24) is 30.0 Å². The molecular formula is C12H18N6O. The van der Waals surface area contributed by atoms with Gasteiger partial charge in [0.25, 0.3) is 5.91 Å². The zero-order valence-corrected chi connectivity index (χ0v) is 11.5. The van der Waals surface area contributed by atoms with Crippen LogP contribution in [0.3, 0.4) is 0 Å². The molecular weight excluding hydrogens is 244 g/mol. The first-order chi connectivity index (χ1) is 8.99. The van der Waals surface area contributed by atoms with Crippen LogP contribution in [-0.4, -0.2) is 30.6 Å². The van der Waals surface area contributed by atoms with Gasteiger partial charge in [-0.05, 0) is 27.7 Å². The molecule has 1 atom stereocenters. The van der Waals surface area contributed by atoms with Crippen LogP contribution in [0.25, 0.3) is 0 Å². The lowest BCUT2D eigenvalue weighted by molar-refractivity contribution is 0.0927. The number of carbonyl (C=O) groups excluding carboxylic acids is 1. The van der Waals surface area contributed by atoms with Gasteiger partial charge in [-0.25, -0.2) is 4.98 Å². The zero-order chi connectivity index (χ0) is 14.0. The molecule has 0 aliphatic carbocycles. The number of hydrogen-bond donors (Lipinski definition) is 2. The van der Waals surface area contributed by atoms with Gasteiger partial charge in [0.2, 0.25) is 0 Å². The highest BCUT2D eigenvalue weighted by molar-refractivity contribution is 5.90. The van der Waals surface area contributed by atoms with Gasteiger partial charge in [0.05, 0.1) is 6.04 Å². The van der Waals surface area contributed by atoms with E-state index in [1.807, 2.05) is 32.3 Å². The van der Waals surface area contributed by atoms with Crippen LogP contribution in [0, 0.1) is 6.92 Å². The van der Waals surface area contributed by atoms with Crippen LogP contribution in [0.15, 0.2) is 12.5 Å². The molecule has 2 aromatic rings. The average Bonchev–Trinajstić information content (AvgIpc) is 2.96. The summed E-state index contributed by atoms with van der Waals surface area (Å²) in [6.07, 6.45) is 3.29. The van der Waals surface area contributed by atoms with Crippen molar-refractivity contribution in [3.63, 3.8) is 0 Å². The monoisotopic (exact) mass is 262 g/mol. The number of carbonyl (C=O) groups is 1. The number of aryl methyl sites for hydroxylation is 1. The molecule has 102 valence electrons. The topological polar surface area (TPSA) is 88.5 Å². The predicted octanol–water partition coefficient (Wildman–Crippen LogP) is 1.38. The Morgan fingerprint density at radius 2 is 2.16 bits per heavy atom. The summed E-state index contributed by atoms with van der Waals surface area (Å²) >= 11 is 0. The normalized spacial score (nSPS) is 12.7. The van der Waals surface area contributed by atoms with E-state index in [1.54, 1.807) is 12.5 Å². The highest BCUT2D eigenvalue weighted by Crippen LogP contribution is 2.14. The molecule has 19 heavy (non-hydrogen) atoms. The molecule has 2 aromatic heterocycles. The van der Waals surface area contributed by atoms with E-state index in [0.29, 0.717) is 5.82 Å². The first-order valence-corrected chi connectivity index (χ1v) is 6.21. The number of imidazole rings is 1. The third-order valence-corrected chi connectivity index (χ3v) is 2.81. The van der Waals surface area contributed by atoms with Crippen molar-refractivity contribution in [3.05, 3.63) is 29.9 Å². The van der Waals surface area contributed by atoms with Gasteiger partial charge >= 0.3 is 0 Å². The van der Waals surface area contributed by atoms with Crippen LogP contribution >= 0.6 is 0 Å². The van der Waals surface area contributed by atoms with E-state index >= 15 is 0 Å². The van der Waals surface area contributed by atoms with E-state index in [-0.39, 0.29) is 18.0 Å². The molecule has 1 amide bonds. The quantitative estimate of drug-likeness (QED) is 0.871. The Kier molecular flexibility index (Phi) is 3.64. The zero-order valence-electron chi connectivity index (χ0n) is 11.5. The predicted molar refractivity (Wildman–Crippen MR) is 69.6 cm³/mol. The lowest BCUT2D eigenvalue weighted by Gasteiger charge is -2.16. The van der Waals surface area contributed by atoms with Crippen LogP contribution < -0.4 is 5.32 Å². The van der Waals surface area contributed by atoms with Crippen molar-refractivity contribution in [2.24, 2.45) is 0 Å². The third kappa shape index (κ3) is 2.81. The molecule has 7 nitrogen and oxygen atoms in total. The fourth-order valence-electron chi connectivity index (χ4n) is 1.82. The number of rotatable bonds is 4. The van der Waals surface area contributed by atoms with Crippen molar-refractivity contribution in [3.8, 4) is 0 Å². The maximum atomic E-state index is 12.0. The Labute approximate surface area is 111 Å². The number of hydrogen-bond acceptors (Lipinski definition) is 4. The number of amides is 1. The Morgan fingerprint density at radius 3 is 2.74 bits per heavy atom. The summed E-state index contributed by atoms with van der Waals surface area (Å²) < 4.78 is 1.93. The smallest absolute Gasteiger partial charge is 0.287 e. The minimum absolute atomic E-state index is 0.234. The van der Waals surface area contributed by atoms with Gasteiger partial charge in [-0.2, -0.15) is 0 Å². The largest absolute Gasteiger partial charge is 0.340 e. The minimum atomic E-state index is -0.251. The third-order valence-electron chi connectivity index (χ3n) is 2.81. The summed E-state index contributed by atoms with van der Waals surface area (Å²) in [5.41, 5.74) is 0.850. The van der Waals surface area contributed by atoms with E-state index < -0.39 is 0 Å².